The molecule has 138 valence electrons. The van der Waals surface area contributed by atoms with Gasteiger partial charge in [-0.15, -0.1) is 0 Å². The fourth-order valence-corrected chi connectivity index (χ4v) is 3.90. The van der Waals surface area contributed by atoms with Crippen LogP contribution in [0.3, 0.4) is 0 Å². The van der Waals surface area contributed by atoms with Crippen LogP contribution in [-0.2, 0) is 22.4 Å². The smallest absolute Gasteiger partial charge is 0.245 e. The van der Waals surface area contributed by atoms with Crippen LogP contribution in [0, 0.1) is 5.92 Å². The fourth-order valence-electron chi connectivity index (χ4n) is 3.90. The highest BCUT2D eigenvalue weighted by Crippen LogP contribution is 2.23. The zero-order chi connectivity index (χ0) is 18.7. The van der Waals surface area contributed by atoms with E-state index in [0.29, 0.717) is 19.6 Å². The minimum absolute atomic E-state index is 0.00198. The minimum atomic E-state index is -0.0533. The van der Waals surface area contributed by atoms with Crippen LogP contribution < -0.4 is 0 Å². The Bertz CT molecular complexity index is 733. The first-order valence-electron chi connectivity index (χ1n) is 9.32. The summed E-state index contributed by atoms with van der Waals surface area (Å²) in [7, 11) is 0. The number of nitrogens with zero attached hydrogens (tertiary/aromatic N) is 2. The van der Waals surface area contributed by atoms with Gasteiger partial charge in [0.15, 0.2) is 5.78 Å². The van der Waals surface area contributed by atoms with Crippen molar-refractivity contribution >= 4 is 17.6 Å². The Morgan fingerprint density at radius 2 is 1.65 bits per heavy atom. The first-order chi connectivity index (χ1) is 12.5. The van der Waals surface area contributed by atoms with Gasteiger partial charge in [0, 0.05) is 37.7 Å². The van der Waals surface area contributed by atoms with Crippen LogP contribution >= 0.6 is 0 Å². The SMILES string of the molecule is C=CC(=O)N1CCC(C(=O)N2CCc3ccc(C(C)=O)cc3CC2)CC1. The van der Waals surface area contributed by atoms with Crippen LogP contribution in [0.1, 0.15) is 41.3 Å². The molecule has 2 amide bonds. The Morgan fingerprint density at radius 1 is 1.00 bits per heavy atom. The molecule has 1 aromatic rings. The lowest BCUT2D eigenvalue weighted by atomic mass is 9.95. The number of ketones is 1. The third kappa shape index (κ3) is 3.87. The van der Waals surface area contributed by atoms with Crippen LogP contribution in [0.4, 0.5) is 0 Å². The number of likely N-dealkylation sites (tertiary alicyclic amines) is 1. The van der Waals surface area contributed by atoms with E-state index < -0.39 is 0 Å². The molecule has 0 aromatic heterocycles. The molecule has 2 aliphatic rings. The number of piperidine rings is 1. The average molecular weight is 354 g/mol. The van der Waals surface area contributed by atoms with Crippen LogP contribution in [-0.4, -0.2) is 53.6 Å². The molecule has 0 saturated carbocycles. The Morgan fingerprint density at radius 3 is 2.27 bits per heavy atom. The lowest BCUT2D eigenvalue weighted by Gasteiger charge is -2.33. The maximum absolute atomic E-state index is 12.9. The summed E-state index contributed by atoms with van der Waals surface area (Å²) in [6.07, 6.45) is 4.39. The van der Waals surface area contributed by atoms with Crippen molar-refractivity contribution in [2.45, 2.75) is 32.6 Å². The van der Waals surface area contributed by atoms with Crippen molar-refractivity contribution in [3.05, 3.63) is 47.5 Å². The third-order valence-electron chi connectivity index (χ3n) is 5.56. The van der Waals surface area contributed by atoms with Crippen molar-refractivity contribution < 1.29 is 14.4 Å². The number of fused-ring (bicyclic) bond motifs is 1. The van der Waals surface area contributed by atoms with E-state index in [1.54, 1.807) is 11.8 Å². The predicted octanol–water partition coefficient (Wildman–Crippen LogP) is 2.24. The summed E-state index contributed by atoms with van der Waals surface area (Å²) in [5.74, 6) is 0.223. The van der Waals surface area contributed by atoms with Gasteiger partial charge in [0.1, 0.15) is 0 Å². The minimum Gasteiger partial charge on any atom is -0.342 e. The molecule has 2 aliphatic heterocycles. The zero-order valence-electron chi connectivity index (χ0n) is 15.4. The molecule has 3 rings (SSSR count). The number of rotatable bonds is 3. The highest BCUT2D eigenvalue weighted by atomic mass is 16.2. The van der Waals surface area contributed by atoms with Crippen LogP contribution in [0.5, 0.6) is 0 Å². The second kappa shape index (κ2) is 7.85. The quantitative estimate of drug-likeness (QED) is 0.618. The molecule has 0 spiro atoms. The van der Waals surface area contributed by atoms with E-state index in [0.717, 1.165) is 37.8 Å². The molecule has 5 heteroatoms. The second-order valence-electron chi connectivity index (χ2n) is 7.17. The lowest BCUT2D eigenvalue weighted by Crippen LogP contribution is -2.44. The van der Waals surface area contributed by atoms with Gasteiger partial charge in [-0.1, -0.05) is 18.7 Å². The van der Waals surface area contributed by atoms with Gasteiger partial charge in [-0.2, -0.15) is 0 Å². The van der Waals surface area contributed by atoms with Gasteiger partial charge < -0.3 is 9.80 Å². The molecule has 1 fully saturated rings. The van der Waals surface area contributed by atoms with Gasteiger partial charge >= 0.3 is 0 Å². The zero-order valence-corrected chi connectivity index (χ0v) is 15.4. The maximum Gasteiger partial charge on any atom is 0.245 e. The normalized spacial score (nSPS) is 18.0. The lowest BCUT2D eigenvalue weighted by molar-refractivity contribution is -0.139. The molecule has 0 unspecified atom stereocenters. The molecule has 0 atom stereocenters. The Labute approximate surface area is 154 Å². The third-order valence-corrected chi connectivity index (χ3v) is 5.56. The highest BCUT2D eigenvalue weighted by molar-refractivity contribution is 5.94. The maximum atomic E-state index is 12.9. The van der Waals surface area contributed by atoms with Gasteiger partial charge in [0.25, 0.3) is 0 Å². The molecule has 2 heterocycles. The van der Waals surface area contributed by atoms with Gasteiger partial charge in [-0.25, -0.2) is 0 Å². The van der Waals surface area contributed by atoms with E-state index in [1.807, 2.05) is 23.1 Å². The molecule has 5 nitrogen and oxygen atoms in total. The van der Waals surface area contributed by atoms with Crippen molar-refractivity contribution in [3.8, 4) is 0 Å². The van der Waals surface area contributed by atoms with Gasteiger partial charge in [-0.05, 0) is 55.9 Å². The molecule has 0 radical (unpaired) electrons. The van der Waals surface area contributed by atoms with Gasteiger partial charge in [0.2, 0.25) is 11.8 Å². The largest absolute Gasteiger partial charge is 0.342 e. The van der Waals surface area contributed by atoms with Crippen LogP contribution in [0.25, 0.3) is 0 Å². The second-order valence-corrected chi connectivity index (χ2v) is 7.17. The predicted molar refractivity (Wildman–Crippen MR) is 99.9 cm³/mol. The summed E-state index contributed by atoms with van der Waals surface area (Å²) in [5, 5.41) is 0. The van der Waals surface area contributed by atoms with E-state index in [9.17, 15) is 14.4 Å². The number of Topliss-reactive ketones (excluding diaryl/α,β-unsaturated/α-hetero) is 1. The number of hydrogen-bond acceptors (Lipinski definition) is 3. The van der Waals surface area contributed by atoms with Crippen LogP contribution in [0.15, 0.2) is 30.9 Å². The fraction of sp³-hybridized carbons (Fsp3) is 0.476. The van der Waals surface area contributed by atoms with E-state index in [4.69, 9.17) is 0 Å². The molecular formula is C21H26N2O3. The number of carbonyl (C=O) groups is 3. The number of benzene rings is 1. The number of carbonyl (C=O) groups excluding carboxylic acids is 3. The van der Waals surface area contributed by atoms with E-state index in [1.165, 1.54) is 17.2 Å². The first kappa shape index (κ1) is 18.4. The summed E-state index contributed by atoms with van der Waals surface area (Å²) in [4.78, 5) is 39.9. The molecule has 1 aromatic carbocycles. The summed E-state index contributed by atoms with van der Waals surface area (Å²) in [5.41, 5.74) is 3.15. The van der Waals surface area contributed by atoms with Crippen molar-refractivity contribution in [3.63, 3.8) is 0 Å². The molecule has 26 heavy (non-hydrogen) atoms. The van der Waals surface area contributed by atoms with Crippen molar-refractivity contribution in [1.82, 2.24) is 9.80 Å². The molecule has 0 bridgehead atoms. The topological polar surface area (TPSA) is 57.7 Å². The standard InChI is InChI=1S/C21H26N2O3/c1-3-20(25)22-10-7-17(8-11-22)21(26)23-12-6-16-4-5-18(15(2)24)14-19(16)9-13-23/h3-5,14,17H,1,6-13H2,2H3. The summed E-state index contributed by atoms with van der Waals surface area (Å²) >= 11 is 0. The van der Waals surface area contributed by atoms with E-state index >= 15 is 0 Å². The highest BCUT2D eigenvalue weighted by Gasteiger charge is 2.30. The van der Waals surface area contributed by atoms with Gasteiger partial charge in [0.05, 0.1) is 0 Å². The average Bonchev–Trinajstić information content (AvgIpc) is 2.89. The summed E-state index contributed by atoms with van der Waals surface area (Å²) in [6.45, 7) is 7.76. The van der Waals surface area contributed by atoms with E-state index in [-0.39, 0.29) is 23.5 Å². The van der Waals surface area contributed by atoms with Gasteiger partial charge in [-0.3, -0.25) is 14.4 Å². The molecule has 0 aliphatic carbocycles. The molecule has 1 saturated heterocycles. The van der Waals surface area contributed by atoms with Crippen LogP contribution in [0.2, 0.25) is 0 Å². The van der Waals surface area contributed by atoms with Crippen molar-refractivity contribution in [2.24, 2.45) is 5.92 Å². The van der Waals surface area contributed by atoms with E-state index in [2.05, 4.69) is 6.58 Å². The number of hydrogen-bond donors (Lipinski definition) is 0. The van der Waals surface area contributed by atoms with Crippen molar-refractivity contribution in [2.75, 3.05) is 26.2 Å². The number of amides is 2. The van der Waals surface area contributed by atoms with Crippen molar-refractivity contribution in [1.29, 1.82) is 0 Å². The molecule has 0 N–H and O–H groups in total. The summed E-state index contributed by atoms with van der Waals surface area (Å²) in [6, 6.07) is 5.88. The Balaban J connectivity index is 1.61. The Kier molecular flexibility index (Phi) is 5.55. The summed E-state index contributed by atoms with van der Waals surface area (Å²) < 4.78 is 0. The Hall–Kier alpha value is -2.43. The first-order valence-corrected chi connectivity index (χ1v) is 9.32. The monoisotopic (exact) mass is 354 g/mol. The molecular weight excluding hydrogens is 328 g/mol.